The fourth-order valence-corrected chi connectivity index (χ4v) is 7.90. The van der Waals surface area contributed by atoms with E-state index in [4.69, 9.17) is 0 Å². The molecule has 1 fully saturated rings. The van der Waals surface area contributed by atoms with Crippen LogP contribution < -0.4 is 15.9 Å². The Kier molecular flexibility index (Phi) is 4.26. The number of para-hydroxylation sites is 2. The van der Waals surface area contributed by atoms with Crippen LogP contribution in [0.1, 0.15) is 12.8 Å². The summed E-state index contributed by atoms with van der Waals surface area (Å²) in [5, 5.41) is 16.1. The van der Waals surface area contributed by atoms with Crippen LogP contribution in [0.25, 0.3) is 11.1 Å². The molecule has 0 saturated carbocycles. The SMILES string of the molecule is O=P1(c2cccc(-c3ccccc3)c2O)c2ccccc2NCC2CCCN21. The van der Waals surface area contributed by atoms with Crippen LogP contribution in [0.3, 0.4) is 0 Å². The molecule has 0 aliphatic carbocycles. The molecular formula is C23H23N2O2P. The fraction of sp³-hybridized carbons (Fsp3) is 0.217. The maximum absolute atomic E-state index is 14.8. The van der Waals surface area contributed by atoms with E-state index < -0.39 is 7.29 Å². The van der Waals surface area contributed by atoms with E-state index in [0.717, 1.165) is 48.0 Å². The zero-order chi connectivity index (χ0) is 19.1. The number of aromatic hydroxyl groups is 1. The van der Waals surface area contributed by atoms with E-state index in [1.165, 1.54) is 0 Å². The van der Waals surface area contributed by atoms with E-state index in [9.17, 15) is 9.67 Å². The van der Waals surface area contributed by atoms with Gasteiger partial charge in [0.1, 0.15) is 5.75 Å². The van der Waals surface area contributed by atoms with Gasteiger partial charge in [0.25, 0.3) is 0 Å². The van der Waals surface area contributed by atoms with Gasteiger partial charge in [0.2, 0.25) is 7.29 Å². The van der Waals surface area contributed by atoms with Crippen LogP contribution in [0.15, 0.2) is 72.8 Å². The molecule has 5 heteroatoms. The summed E-state index contributed by atoms with van der Waals surface area (Å²) in [4.78, 5) is 0. The second-order valence-corrected chi connectivity index (χ2v) is 10.1. The van der Waals surface area contributed by atoms with Crippen LogP contribution in [0.5, 0.6) is 5.75 Å². The highest BCUT2D eigenvalue weighted by molar-refractivity contribution is 7.77. The zero-order valence-electron chi connectivity index (χ0n) is 15.6. The Labute approximate surface area is 165 Å². The van der Waals surface area contributed by atoms with Crippen molar-refractivity contribution in [3.63, 3.8) is 0 Å². The van der Waals surface area contributed by atoms with Gasteiger partial charge in [-0.3, -0.25) is 4.57 Å². The Morgan fingerprint density at radius 1 is 0.929 bits per heavy atom. The van der Waals surface area contributed by atoms with Crippen molar-refractivity contribution in [1.29, 1.82) is 0 Å². The average molecular weight is 390 g/mol. The summed E-state index contributed by atoms with van der Waals surface area (Å²) in [6, 6.07) is 23.5. The van der Waals surface area contributed by atoms with Crippen molar-refractivity contribution in [1.82, 2.24) is 4.67 Å². The Hall–Kier alpha value is -2.55. The quantitative estimate of drug-likeness (QED) is 0.645. The van der Waals surface area contributed by atoms with Gasteiger partial charge in [0, 0.05) is 30.4 Å². The predicted molar refractivity (Wildman–Crippen MR) is 115 cm³/mol. The van der Waals surface area contributed by atoms with Gasteiger partial charge in [0.15, 0.2) is 0 Å². The van der Waals surface area contributed by atoms with Gasteiger partial charge < -0.3 is 10.4 Å². The van der Waals surface area contributed by atoms with Crippen LogP contribution in [0.4, 0.5) is 5.69 Å². The second kappa shape index (κ2) is 6.80. The molecule has 0 aromatic heterocycles. The summed E-state index contributed by atoms with van der Waals surface area (Å²) in [7, 11) is -3.17. The summed E-state index contributed by atoms with van der Waals surface area (Å²) in [6.07, 6.45) is 2.04. The van der Waals surface area contributed by atoms with Gasteiger partial charge in [0.05, 0.1) is 10.6 Å². The fourth-order valence-electron chi connectivity index (χ4n) is 4.55. The lowest BCUT2D eigenvalue weighted by molar-refractivity contribution is 0.409. The molecule has 4 nitrogen and oxygen atoms in total. The molecule has 5 rings (SSSR count). The molecule has 2 aliphatic heterocycles. The van der Waals surface area contributed by atoms with Crippen molar-refractivity contribution in [3.05, 3.63) is 72.8 Å². The third-order valence-electron chi connectivity index (χ3n) is 5.89. The summed E-state index contributed by atoms with van der Waals surface area (Å²) >= 11 is 0. The number of benzene rings is 3. The monoisotopic (exact) mass is 390 g/mol. The van der Waals surface area contributed by atoms with Gasteiger partial charge in [-0.2, -0.15) is 0 Å². The summed E-state index contributed by atoms with van der Waals surface area (Å²) < 4.78 is 17.0. The summed E-state index contributed by atoms with van der Waals surface area (Å²) in [5.41, 5.74) is 2.55. The number of hydrogen-bond donors (Lipinski definition) is 2. The van der Waals surface area contributed by atoms with Crippen LogP contribution >= 0.6 is 7.29 Å². The number of fused-ring (bicyclic) bond motifs is 2. The van der Waals surface area contributed by atoms with Crippen molar-refractivity contribution in [2.24, 2.45) is 0 Å². The van der Waals surface area contributed by atoms with Crippen molar-refractivity contribution in [2.45, 2.75) is 18.9 Å². The molecule has 2 unspecified atom stereocenters. The summed E-state index contributed by atoms with van der Waals surface area (Å²) in [5.74, 6) is 0.124. The third-order valence-corrected chi connectivity index (χ3v) is 9.20. The van der Waals surface area contributed by atoms with Crippen LogP contribution in [0.2, 0.25) is 0 Å². The first-order chi connectivity index (χ1) is 13.7. The Morgan fingerprint density at radius 2 is 1.68 bits per heavy atom. The van der Waals surface area contributed by atoms with E-state index in [2.05, 4.69) is 9.99 Å². The molecule has 3 aromatic carbocycles. The standard InChI is InChI=1S/C23H23N2O2P/c26-23-19(17-8-2-1-3-9-17)11-6-14-22(23)28(27)21-13-5-4-12-20(21)24-16-18-10-7-15-25(18)28/h1-6,8-9,11-14,18,24,26H,7,10,15-16H2. The molecule has 28 heavy (non-hydrogen) atoms. The highest BCUT2D eigenvalue weighted by Gasteiger charge is 2.45. The van der Waals surface area contributed by atoms with Gasteiger partial charge in [-0.15, -0.1) is 0 Å². The van der Waals surface area contributed by atoms with Crippen molar-refractivity contribution in [2.75, 3.05) is 18.4 Å². The van der Waals surface area contributed by atoms with E-state index >= 15 is 0 Å². The van der Waals surface area contributed by atoms with Gasteiger partial charge in [-0.1, -0.05) is 54.6 Å². The minimum atomic E-state index is -3.17. The number of hydrogen-bond acceptors (Lipinski definition) is 3. The van der Waals surface area contributed by atoms with Crippen molar-refractivity contribution in [3.8, 4) is 16.9 Å². The first-order valence-corrected chi connectivity index (χ1v) is 11.4. The lowest BCUT2D eigenvalue weighted by Crippen LogP contribution is -2.36. The van der Waals surface area contributed by atoms with Gasteiger partial charge >= 0.3 is 0 Å². The smallest absolute Gasteiger partial charge is 0.213 e. The van der Waals surface area contributed by atoms with Crippen molar-refractivity contribution >= 4 is 23.6 Å². The summed E-state index contributed by atoms with van der Waals surface area (Å²) in [6.45, 7) is 1.56. The Bertz CT molecular complexity index is 1070. The molecule has 0 spiro atoms. The maximum Gasteiger partial charge on any atom is 0.213 e. The maximum atomic E-state index is 14.8. The number of phenolic OH excluding ortho intramolecular Hbond substituents is 1. The van der Waals surface area contributed by atoms with E-state index in [0.29, 0.717) is 5.30 Å². The van der Waals surface area contributed by atoms with Crippen LogP contribution in [-0.2, 0) is 4.57 Å². The molecule has 142 valence electrons. The lowest BCUT2D eigenvalue weighted by Gasteiger charge is -2.32. The molecule has 3 aromatic rings. The van der Waals surface area contributed by atoms with E-state index in [1.807, 2.05) is 72.8 Å². The third kappa shape index (κ3) is 2.60. The number of rotatable bonds is 2. The molecule has 0 amide bonds. The van der Waals surface area contributed by atoms with Crippen LogP contribution in [0, 0.1) is 0 Å². The molecule has 2 atom stereocenters. The molecule has 0 bridgehead atoms. The molecule has 2 heterocycles. The second-order valence-electron chi connectivity index (χ2n) is 7.47. The molecule has 1 saturated heterocycles. The van der Waals surface area contributed by atoms with E-state index in [-0.39, 0.29) is 11.8 Å². The molecule has 2 aliphatic rings. The highest BCUT2D eigenvalue weighted by atomic mass is 31.2. The normalized spacial score (nSPS) is 24.1. The van der Waals surface area contributed by atoms with Crippen molar-refractivity contribution < 1.29 is 9.67 Å². The minimum absolute atomic E-state index is 0.124. The first-order valence-electron chi connectivity index (χ1n) is 9.78. The first kappa shape index (κ1) is 17.5. The number of nitrogens with zero attached hydrogens (tertiary/aromatic N) is 1. The zero-order valence-corrected chi connectivity index (χ0v) is 16.5. The molecule has 2 N–H and O–H groups in total. The average Bonchev–Trinajstić information content (AvgIpc) is 3.18. The highest BCUT2D eigenvalue weighted by Crippen LogP contribution is 2.56. The largest absolute Gasteiger partial charge is 0.506 e. The lowest BCUT2D eigenvalue weighted by atomic mass is 10.1. The number of anilines is 1. The van der Waals surface area contributed by atoms with Crippen LogP contribution in [-0.4, -0.2) is 28.9 Å². The molecule has 0 radical (unpaired) electrons. The predicted octanol–water partition coefficient (Wildman–Crippen LogP) is 4.18. The molecular weight excluding hydrogens is 367 g/mol. The topological polar surface area (TPSA) is 52.6 Å². The number of nitrogens with one attached hydrogen (secondary N) is 1. The Morgan fingerprint density at radius 3 is 2.54 bits per heavy atom. The van der Waals surface area contributed by atoms with Gasteiger partial charge in [-0.25, -0.2) is 4.67 Å². The van der Waals surface area contributed by atoms with E-state index in [1.54, 1.807) is 0 Å². The number of phenols is 1. The minimum Gasteiger partial charge on any atom is -0.506 e. The Balaban J connectivity index is 1.76. The van der Waals surface area contributed by atoms with Gasteiger partial charge in [-0.05, 0) is 36.6 Å².